The minimum absolute atomic E-state index is 0.550. The lowest BCUT2D eigenvalue weighted by Gasteiger charge is -2.42. The molecule has 0 amide bonds. The van der Waals surface area contributed by atoms with E-state index in [1.807, 2.05) is 0 Å². The topological polar surface area (TPSA) is 45.4 Å². The van der Waals surface area contributed by atoms with E-state index in [4.69, 9.17) is 5.73 Å². The molecule has 0 aromatic carbocycles. The molecule has 2 aliphatic heterocycles. The van der Waals surface area contributed by atoms with Crippen molar-refractivity contribution in [3.63, 3.8) is 0 Å². The largest absolute Gasteiger partial charge is 0.343 e. The second-order valence-electron chi connectivity index (χ2n) is 5.12. The second-order valence-corrected chi connectivity index (χ2v) is 5.95. The Labute approximate surface area is 106 Å². The maximum Gasteiger partial charge on any atom is 0.185 e. The fraction of sp³-hybridized carbons (Fsp3) is 0.750. The fourth-order valence-corrected chi connectivity index (χ4v) is 3.93. The highest BCUT2D eigenvalue weighted by atomic mass is 32.1. The van der Waals surface area contributed by atoms with Gasteiger partial charge in [0, 0.05) is 37.1 Å². The molecule has 2 N–H and O–H groups in total. The van der Waals surface area contributed by atoms with E-state index in [1.165, 1.54) is 25.9 Å². The van der Waals surface area contributed by atoms with Crippen LogP contribution < -0.4 is 10.6 Å². The molecule has 5 heteroatoms. The van der Waals surface area contributed by atoms with Crippen LogP contribution in [0.1, 0.15) is 25.5 Å². The van der Waals surface area contributed by atoms with Gasteiger partial charge < -0.3 is 10.6 Å². The highest BCUT2D eigenvalue weighted by molar-refractivity contribution is 7.13. The first-order chi connectivity index (χ1) is 8.28. The van der Waals surface area contributed by atoms with E-state index in [9.17, 15) is 0 Å². The molecular formula is C12H20N4S. The van der Waals surface area contributed by atoms with Crippen LogP contribution in [0.5, 0.6) is 0 Å². The Hall–Kier alpha value is -0.650. The summed E-state index contributed by atoms with van der Waals surface area (Å²) in [5.74, 6) is 0. The minimum atomic E-state index is 0.550. The molecule has 2 atom stereocenters. The smallest absolute Gasteiger partial charge is 0.185 e. The zero-order valence-corrected chi connectivity index (χ0v) is 11.1. The number of hydrogen-bond acceptors (Lipinski definition) is 5. The number of piperazine rings is 1. The molecule has 1 aromatic heterocycles. The summed E-state index contributed by atoms with van der Waals surface area (Å²) in [7, 11) is 0. The predicted molar refractivity (Wildman–Crippen MR) is 71.4 cm³/mol. The Morgan fingerprint density at radius 2 is 2.41 bits per heavy atom. The summed E-state index contributed by atoms with van der Waals surface area (Å²) in [6, 6.07) is 1.32. The van der Waals surface area contributed by atoms with E-state index in [-0.39, 0.29) is 0 Å². The molecular weight excluding hydrogens is 232 g/mol. The van der Waals surface area contributed by atoms with E-state index >= 15 is 0 Å². The summed E-state index contributed by atoms with van der Waals surface area (Å²) in [5, 5.41) is 3.24. The third kappa shape index (κ3) is 2.07. The van der Waals surface area contributed by atoms with E-state index in [0.29, 0.717) is 12.6 Å². The van der Waals surface area contributed by atoms with Crippen LogP contribution in [0.15, 0.2) is 5.38 Å². The number of anilines is 1. The average molecular weight is 252 g/mol. The molecule has 2 aliphatic rings. The van der Waals surface area contributed by atoms with Gasteiger partial charge in [0.05, 0.1) is 5.69 Å². The van der Waals surface area contributed by atoms with Crippen molar-refractivity contribution in [2.45, 2.75) is 38.4 Å². The summed E-state index contributed by atoms with van der Waals surface area (Å²) >= 11 is 1.73. The molecule has 2 saturated heterocycles. The lowest BCUT2D eigenvalue weighted by Crippen LogP contribution is -2.55. The molecule has 0 bridgehead atoms. The van der Waals surface area contributed by atoms with Crippen molar-refractivity contribution in [3.8, 4) is 0 Å². The molecule has 1 aromatic rings. The number of hydrogen-bond donors (Lipinski definition) is 1. The average Bonchev–Trinajstić information content (AvgIpc) is 2.94. The molecule has 0 saturated carbocycles. The molecule has 0 spiro atoms. The highest BCUT2D eigenvalue weighted by Gasteiger charge is 2.35. The normalized spacial score (nSPS) is 29.6. The molecule has 2 unspecified atom stereocenters. The molecule has 2 fully saturated rings. The maximum absolute atomic E-state index is 5.63. The monoisotopic (exact) mass is 252 g/mol. The van der Waals surface area contributed by atoms with Crippen LogP contribution in [0, 0.1) is 0 Å². The van der Waals surface area contributed by atoms with Crippen LogP contribution in [0.2, 0.25) is 0 Å². The van der Waals surface area contributed by atoms with Crippen molar-refractivity contribution in [2.75, 3.05) is 24.5 Å². The summed E-state index contributed by atoms with van der Waals surface area (Å²) in [4.78, 5) is 9.72. The van der Waals surface area contributed by atoms with Gasteiger partial charge in [-0.2, -0.15) is 0 Å². The molecule has 0 radical (unpaired) electrons. The van der Waals surface area contributed by atoms with Crippen LogP contribution in [0.25, 0.3) is 0 Å². The minimum Gasteiger partial charge on any atom is -0.343 e. The quantitative estimate of drug-likeness (QED) is 0.861. The van der Waals surface area contributed by atoms with Crippen molar-refractivity contribution < 1.29 is 0 Å². The zero-order chi connectivity index (χ0) is 11.8. The lowest BCUT2D eigenvalue weighted by atomic mass is 10.1. The first-order valence-corrected chi connectivity index (χ1v) is 7.31. The Kier molecular flexibility index (Phi) is 3.06. The first kappa shape index (κ1) is 11.4. The summed E-state index contributed by atoms with van der Waals surface area (Å²) in [5.41, 5.74) is 6.65. The number of fused-ring (bicyclic) bond motifs is 1. The SMILES string of the molecule is CC1CN2CCCC2CN1c1nc(CN)cs1. The van der Waals surface area contributed by atoms with Crippen LogP contribution in [0.4, 0.5) is 5.13 Å². The van der Waals surface area contributed by atoms with Crippen LogP contribution in [-0.4, -0.2) is 41.6 Å². The second kappa shape index (κ2) is 4.55. The van der Waals surface area contributed by atoms with Crippen molar-refractivity contribution >= 4 is 16.5 Å². The fourth-order valence-electron chi connectivity index (χ4n) is 2.98. The molecule has 4 nitrogen and oxygen atoms in total. The van der Waals surface area contributed by atoms with Gasteiger partial charge in [-0.05, 0) is 26.3 Å². The number of aromatic nitrogens is 1. The van der Waals surface area contributed by atoms with Gasteiger partial charge in [-0.1, -0.05) is 0 Å². The van der Waals surface area contributed by atoms with Gasteiger partial charge in [0.15, 0.2) is 5.13 Å². The van der Waals surface area contributed by atoms with Crippen molar-refractivity contribution in [3.05, 3.63) is 11.1 Å². The molecule has 3 heterocycles. The molecule has 0 aliphatic carbocycles. The Morgan fingerprint density at radius 3 is 3.18 bits per heavy atom. The lowest BCUT2D eigenvalue weighted by molar-refractivity contribution is 0.203. The first-order valence-electron chi connectivity index (χ1n) is 6.43. The maximum atomic E-state index is 5.63. The third-order valence-electron chi connectivity index (χ3n) is 3.93. The van der Waals surface area contributed by atoms with Gasteiger partial charge in [0.2, 0.25) is 0 Å². The number of nitrogens with zero attached hydrogens (tertiary/aromatic N) is 3. The Balaban J connectivity index is 1.77. The van der Waals surface area contributed by atoms with Gasteiger partial charge in [-0.15, -0.1) is 11.3 Å². The number of thiazole rings is 1. The Bertz CT molecular complexity index is 392. The van der Waals surface area contributed by atoms with Crippen LogP contribution >= 0.6 is 11.3 Å². The van der Waals surface area contributed by atoms with Gasteiger partial charge in [0.25, 0.3) is 0 Å². The van der Waals surface area contributed by atoms with Crippen LogP contribution in [-0.2, 0) is 6.54 Å². The molecule has 3 rings (SSSR count). The van der Waals surface area contributed by atoms with Gasteiger partial charge in [-0.3, -0.25) is 4.90 Å². The van der Waals surface area contributed by atoms with Crippen molar-refractivity contribution in [2.24, 2.45) is 5.73 Å². The third-order valence-corrected chi connectivity index (χ3v) is 4.86. The number of rotatable bonds is 2. The van der Waals surface area contributed by atoms with Crippen molar-refractivity contribution in [1.82, 2.24) is 9.88 Å². The van der Waals surface area contributed by atoms with Crippen LogP contribution in [0.3, 0.4) is 0 Å². The highest BCUT2D eigenvalue weighted by Crippen LogP contribution is 2.30. The zero-order valence-electron chi connectivity index (χ0n) is 10.3. The summed E-state index contributed by atoms with van der Waals surface area (Å²) < 4.78 is 0. The van der Waals surface area contributed by atoms with E-state index in [2.05, 4.69) is 27.1 Å². The van der Waals surface area contributed by atoms with E-state index in [0.717, 1.165) is 23.4 Å². The van der Waals surface area contributed by atoms with Gasteiger partial charge in [0.1, 0.15) is 0 Å². The number of nitrogens with two attached hydrogens (primary N) is 1. The summed E-state index contributed by atoms with van der Waals surface area (Å²) in [6.45, 7) is 6.46. The van der Waals surface area contributed by atoms with E-state index < -0.39 is 0 Å². The van der Waals surface area contributed by atoms with Crippen molar-refractivity contribution in [1.29, 1.82) is 0 Å². The van der Waals surface area contributed by atoms with Gasteiger partial charge >= 0.3 is 0 Å². The summed E-state index contributed by atoms with van der Waals surface area (Å²) in [6.07, 6.45) is 2.70. The molecule has 94 valence electrons. The standard InChI is InChI=1S/C12H20N4S/c1-9-6-15-4-2-3-11(15)7-16(9)12-14-10(5-13)8-17-12/h8-9,11H,2-7,13H2,1H3. The van der Waals surface area contributed by atoms with Gasteiger partial charge in [-0.25, -0.2) is 4.98 Å². The Morgan fingerprint density at radius 1 is 1.53 bits per heavy atom. The predicted octanol–water partition coefficient (Wildman–Crippen LogP) is 1.27. The molecule has 17 heavy (non-hydrogen) atoms. The van der Waals surface area contributed by atoms with E-state index in [1.54, 1.807) is 11.3 Å².